The fourth-order valence-electron chi connectivity index (χ4n) is 4.35. The zero-order valence-electron chi connectivity index (χ0n) is 21.1. The van der Waals surface area contributed by atoms with E-state index in [4.69, 9.17) is 22.1 Å². The number of Topliss-reactive ketones (excluding diaryl/α,β-unsaturated/α-hetero) is 1. The van der Waals surface area contributed by atoms with Crippen molar-refractivity contribution in [3.05, 3.63) is 117 Å². The van der Waals surface area contributed by atoms with E-state index in [-0.39, 0.29) is 18.1 Å². The van der Waals surface area contributed by atoms with Crippen molar-refractivity contribution < 1.29 is 14.3 Å². The molecule has 1 amide bonds. The smallest absolute Gasteiger partial charge is 0.252 e. The summed E-state index contributed by atoms with van der Waals surface area (Å²) in [6.07, 6.45) is 1.77. The van der Waals surface area contributed by atoms with E-state index in [0.29, 0.717) is 39.7 Å². The zero-order chi connectivity index (χ0) is 27.2. The Hall–Kier alpha value is -4.20. The van der Waals surface area contributed by atoms with Gasteiger partial charge in [0.2, 0.25) is 5.91 Å². The Labute approximate surface area is 225 Å². The minimum atomic E-state index is -0.888. The van der Waals surface area contributed by atoms with Crippen LogP contribution in [0.1, 0.15) is 34.5 Å². The fraction of sp³-hybridized carbons (Fsp3) is 0.167. The van der Waals surface area contributed by atoms with Crippen molar-refractivity contribution in [2.45, 2.75) is 25.9 Å². The largest absolute Gasteiger partial charge is 0.495 e. The van der Waals surface area contributed by atoms with Gasteiger partial charge in [-0.3, -0.25) is 19.0 Å². The fourth-order valence-corrected chi connectivity index (χ4v) is 4.52. The number of rotatable bonds is 9. The maximum absolute atomic E-state index is 13.6. The first kappa shape index (κ1) is 26.9. The van der Waals surface area contributed by atoms with Gasteiger partial charge in [-0.1, -0.05) is 54.1 Å². The highest BCUT2D eigenvalue weighted by molar-refractivity contribution is 6.31. The molecular formula is C30H28ClN3O4. The van der Waals surface area contributed by atoms with Gasteiger partial charge in [-0.2, -0.15) is 0 Å². The molecule has 0 saturated heterocycles. The van der Waals surface area contributed by atoms with Gasteiger partial charge < -0.3 is 15.8 Å². The van der Waals surface area contributed by atoms with Crippen molar-refractivity contribution >= 4 is 29.0 Å². The minimum Gasteiger partial charge on any atom is -0.495 e. The van der Waals surface area contributed by atoms with Gasteiger partial charge >= 0.3 is 0 Å². The summed E-state index contributed by atoms with van der Waals surface area (Å²) >= 11 is 6.22. The predicted octanol–water partition coefficient (Wildman–Crippen LogP) is 5.26. The van der Waals surface area contributed by atoms with Crippen LogP contribution in [0.25, 0.3) is 11.1 Å². The number of carbonyl (C=O) groups is 2. The molecule has 0 aliphatic heterocycles. The molecule has 7 nitrogen and oxygen atoms in total. The number of hydrogen-bond donors (Lipinski definition) is 2. The maximum Gasteiger partial charge on any atom is 0.252 e. The molecule has 1 aromatic heterocycles. The van der Waals surface area contributed by atoms with Crippen LogP contribution in [0.3, 0.4) is 0 Å². The third kappa shape index (κ3) is 6.02. The van der Waals surface area contributed by atoms with E-state index >= 15 is 0 Å². The quantitative estimate of drug-likeness (QED) is 0.288. The van der Waals surface area contributed by atoms with Gasteiger partial charge in [-0.15, -0.1) is 0 Å². The summed E-state index contributed by atoms with van der Waals surface area (Å²) < 4.78 is 7.00. The number of aromatic nitrogens is 1. The van der Waals surface area contributed by atoms with Crippen molar-refractivity contribution in [2.24, 2.45) is 5.73 Å². The molecule has 4 aromatic rings. The highest BCUT2D eigenvalue weighted by Gasteiger charge is 2.25. The summed E-state index contributed by atoms with van der Waals surface area (Å²) in [5.74, 6) is -0.221. The second-order valence-electron chi connectivity index (χ2n) is 8.85. The molecule has 0 bridgehead atoms. The summed E-state index contributed by atoms with van der Waals surface area (Å²) in [4.78, 5) is 39.4. The molecule has 1 heterocycles. The Morgan fingerprint density at radius 3 is 2.39 bits per heavy atom. The van der Waals surface area contributed by atoms with Crippen molar-refractivity contribution in [2.75, 3.05) is 12.4 Å². The summed E-state index contributed by atoms with van der Waals surface area (Å²) in [6, 6.07) is 22.0. The number of halogens is 1. The minimum absolute atomic E-state index is 0.177. The number of ketones is 1. The van der Waals surface area contributed by atoms with Crippen molar-refractivity contribution in [3.8, 4) is 16.9 Å². The number of methoxy groups -OCH3 is 1. The van der Waals surface area contributed by atoms with Crippen LogP contribution >= 0.6 is 11.6 Å². The third-order valence-electron chi connectivity index (χ3n) is 6.26. The molecule has 0 aliphatic carbocycles. The van der Waals surface area contributed by atoms with E-state index in [1.54, 1.807) is 30.3 Å². The highest BCUT2D eigenvalue weighted by atomic mass is 35.5. The lowest BCUT2D eigenvalue weighted by molar-refractivity contribution is -0.119. The van der Waals surface area contributed by atoms with Gasteiger partial charge in [-0.05, 0) is 53.9 Å². The Balaban J connectivity index is 1.81. The van der Waals surface area contributed by atoms with Gasteiger partial charge in [0.1, 0.15) is 11.8 Å². The first-order valence-corrected chi connectivity index (χ1v) is 12.4. The molecule has 194 valence electrons. The van der Waals surface area contributed by atoms with Crippen LogP contribution in [0.5, 0.6) is 5.75 Å². The second-order valence-corrected chi connectivity index (χ2v) is 9.28. The zero-order valence-corrected chi connectivity index (χ0v) is 21.9. The molecule has 0 fully saturated rings. The van der Waals surface area contributed by atoms with Crippen LogP contribution in [0, 0.1) is 0 Å². The van der Waals surface area contributed by atoms with E-state index in [1.807, 2.05) is 42.5 Å². The third-order valence-corrected chi connectivity index (χ3v) is 6.49. The van der Waals surface area contributed by atoms with Crippen LogP contribution in [-0.4, -0.2) is 23.4 Å². The summed E-state index contributed by atoms with van der Waals surface area (Å²) in [5.41, 5.74) is 8.96. The Bertz CT molecular complexity index is 1530. The van der Waals surface area contributed by atoms with E-state index in [2.05, 4.69) is 5.32 Å². The molecule has 8 heteroatoms. The lowest BCUT2D eigenvalue weighted by atomic mass is 9.97. The first-order valence-electron chi connectivity index (χ1n) is 12.1. The summed E-state index contributed by atoms with van der Waals surface area (Å²) in [6.45, 7) is 1.78. The molecular weight excluding hydrogens is 502 g/mol. The van der Waals surface area contributed by atoms with Crippen molar-refractivity contribution in [1.29, 1.82) is 0 Å². The number of hydrogen-bond acceptors (Lipinski definition) is 5. The van der Waals surface area contributed by atoms with Gasteiger partial charge in [0.15, 0.2) is 5.78 Å². The molecule has 0 aliphatic rings. The van der Waals surface area contributed by atoms with Crippen LogP contribution < -0.4 is 21.3 Å². The van der Waals surface area contributed by atoms with Gasteiger partial charge in [0, 0.05) is 40.9 Å². The van der Waals surface area contributed by atoms with Crippen molar-refractivity contribution in [1.82, 2.24) is 4.57 Å². The SMILES string of the molecule is COc1cn(C(Cc2ccccc2)C(=O)Nc2cccc(CN)c2)c(=O)cc1-c1cc(Cl)ccc1C(C)=O. The van der Waals surface area contributed by atoms with E-state index < -0.39 is 11.6 Å². The number of nitrogens with one attached hydrogen (secondary N) is 1. The van der Waals surface area contributed by atoms with Gasteiger partial charge in [0.25, 0.3) is 5.56 Å². The molecule has 3 aromatic carbocycles. The van der Waals surface area contributed by atoms with Gasteiger partial charge in [0.05, 0.1) is 13.3 Å². The van der Waals surface area contributed by atoms with Crippen molar-refractivity contribution in [3.63, 3.8) is 0 Å². The molecule has 0 spiro atoms. The van der Waals surface area contributed by atoms with E-state index in [0.717, 1.165) is 11.1 Å². The predicted molar refractivity (Wildman–Crippen MR) is 150 cm³/mol. The Kier molecular flexibility index (Phi) is 8.41. The molecule has 0 radical (unpaired) electrons. The summed E-state index contributed by atoms with van der Waals surface area (Å²) in [5, 5.41) is 3.33. The molecule has 3 N–H and O–H groups in total. The maximum atomic E-state index is 13.6. The molecule has 0 saturated carbocycles. The lowest BCUT2D eigenvalue weighted by Gasteiger charge is -2.22. The standard InChI is InChI=1S/C30H28ClN3O4/c1-19(35)24-12-11-22(31)15-25(24)26-16-29(36)34(18-28(26)38-2)27(14-20-7-4-3-5-8-20)30(37)33-23-10-6-9-21(13-23)17-32/h3-13,15-16,18,27H,14,17,32H2,1-2H3,(H,33,37). The average Bonchev–Trinajstić information content (AvgIpc) is 2.92. The van der Waals surface area contributed by atoms with Gasteiger partial charge in [-0.25, -0.2) is 0 Å². The van der Waals surface area contributed by atoms with Crippen LogP contribution in [0.4, 0.5) is 5.69 Å². The van der Waals surface area contributed by atoms with Crippen LogP contribution in [0.15, 0.2) is 89.9 Å². The second kappa shape index (κ2) is 11.9. The number of nitrogens with zero attached hydrogens (tertiary/aromatic N) is 1. The summed E-state index contributed by atoms with van der Waals surface area (Å²) in [7, 11) is 1.47. The van der Waals surface area contributed by atoms with E-state index in [1.165, 1.54) is 30.9 Å². The number of anilines is 1. The normalized spacial score (nSPS) is 11.6. The number of nitrogens with two attached hydrogens (primary N) is 1. The van der Waals surface area contributed by atoms with Crippen LogP contribution in [-0.2, 0) is 17.8 Å². The highest BCUT2D eigenvalue weighted by Crippen LogP contribution is 2.34. The number of pyridine rings is 1. The number of carbonyl (C=O) groups excluding carboxylic acids is 2. The molecule has 4 rings (SSSR count). The number of benzene rings is 3. The Morgan fingerprint density at radius 2 is 1.71 bits per heavy atom. The molecule has 1 unspecified atom stereocenters. The van der Waals surface area contributed by atoms with Crippen LogP contribution in [0.2, 0.25) is 5.02 Å². The first-order chi connectivity index (χ1) is 18.3. The molecule has 38 heavy (non-hydrogen) atoms. The number of amides is 1. The number of ether oxygens (including phenoxy) is 1. The Morgan fingerprint density at radius 1 is 0.974 bits per heavy atom. The molecule has 1 atom stereocenters. The monoisotopic (exact) mass is 529 g/mol. The lowest BCUT2D eigenvalue weighted by Crippen LogP contribution is -2.34. The topological polar surface area (TPSA) is 103 Å². The van der Waals surface area contributed by atoms with E-state index in [9.17, 15) is 14.4 Å². The average molecular weight is 530 g/mol.